The molecule has 0 rings (SSSR count). The van der Waals surface area contributed by atoms with Crippen molar-refractivity contribution in [1.29, 1.82) is 0 Å². The van der Waals surface area contributed by atoms with E-state index >= 15 is 0 Å². The predicted octanol–water partition coefficient (Wildman–Crippen LogP) is 4.19. The maximum Gasteiger partial charge on any atom is 0.122 e. The first kappa shape index (κ1) is 11.7. The molecule has 0 saturated heterocycles. The number of aliphatic hydroxyl groups excluding tert-OH is 1. The van der Waals surface area contributed by atoms with E-state index in [1.54, 1.807) is 12.2 Å². The number of rotatable bonds is 3. The lowest BCUT2D eigenvalue weighted by Gasteiger charge is -1.96. The lowest BCUT2D eigenvalue weighted by atomic mass is 10.2. The van der Waals surface area contributed by atoms with Crippen molar-refractivity contribution < 1.29 is 5.11 Å². The molecule has 66 valence electrons. The minimum absolute atomic E-state index is 0.157. The molecule has 1 nitrogen and oxygen atoms in total. The Hall–Kier alpha value is -0.280. The zero-order valence-corrected chi connectivity index (χ0v) is 9.89. The van der Waals surface area contributed by atoms with Crippen LogP contribution in [-0.2, 0) is 0 Å². The summed E-state index contributed by atoms with van der Waals surface area (Å²) in [5, 5.41) is 9.32. The van der Waals surface area contributed by atoms with Gasteiger partial charge in [-0.15, -0.1) is 0 Å². The first-order chi connectivity index (χ1) is 5.61. The molecule has 1 N–H and O–H groups in total. The van der Waals surface area contributed by atoms with Crippen LogP contribution in [0.3, 0.4) is 0 Å². The molecule has 0 aliphatic carbocycles. The van der Waals surface area contributed by atoms with Crippen molar-refractivity contribution in [2.24, 2.45) is 0 Å². The van der Waals surface area contributed by atoms with Crippen molar-refractivity contribution in [3.05, 3.63) is 45.6 Å². The Balaban J connectivity index is 4.91. The zero-order chi connectivity index (χ0) is 9.56. The van der Waals surface area contributed by atoms with E-state index < -0.39 is 0 Å². The number of halogens is 2. The van der Waals surface area contributed by atoms with Gasteiger partial charge in [-0.25, -0.2) is 0 Å². The van der Waals surface area contributed by atoms with Crippen molar-refractivity contribution >= 4 is 31.9 Å². The topological polar surface area (TPSA) is 20.2 Å². The number of hydrogen-bond acceptors (Lipinski definition) is 1. The van der Waals surface area contributed by atoms with Gasteiger partial charge in [0.2, 0.25) is 0 Å². The maximum atomic E-state index is 9.32. The van der Waals surface area contributed by atoms with Gasteiger partial charge < -0.3 is 5.11 Å². The summed E-state index contributed by atoms with van der Waals surface area (Å²) in [5.74, 6) is 0.157. The summed E-state index contributed by atoms with van der Waals surface area (Å²) in [6, 6.07) is 0. The maximum absolute atomic E-state index is 9.32. The average molecular weight is 294 g/mol. The molecule has 0 fully saturated rings. The molecule has 0 saturated carbocycles. The molecule has 0 aromatic carbocycles. The fourth-order valence-electron chi connectivity index (χ4n) is 0.622. The summed E-state index contributed by atoms with van der Waals surface area (Å²) in [6.45, 7) is 5.35. The molecule has 0 amide bonds. The Morgan fingerprint density at radius 3 is 2.33 bits per heavy atom. The number of aliphatic hydroxyl groups is 1. The monoisotopic (exact) mass is 292 g/mol. The minimum atomic E-state index is 0.157. The first-order valence-corrected chi connectivity index (χ1v) is 4.91. The van der Waals surface area contributed by atoms with Crippen molar-refractivity contribution in [2.45, 2.75) is 6.92 Å². The van der Waals surface area contributed by atoms with Crippen LogP contribution >= 0.6 is 31.9 Å². The summed E-state index contributed by atoms with van der Waals surface area (Å²) >= 11 is 6.41. The highest BCUT2D eigenvalue weighted by atomic mass is 79.9. The Morgan fingerprint density at radius 2 is 2.00 bits per heavy atom. The quantitative estimate of drug-likeness (QED) is 0.611. The number of allylic oxidation sites excluding steroid dienone is 5. The summed E-state index contributed by atoms with van der Waals surface area (Å²) < 4.78 is 0.775. The van der Waals surface area contributed by atoms with Gasteiger partial charge in [0.15, 0.2) is 0 Å². The predicted molar refractivity (Wildman–Crippen MR) is 60.6 cm³/mol. The molecule has 3 heteroatoms. The molecule has 0 unspecified atom stereocenters. The molecule has 0 aliphatic heterocycles. The highest BCUT2D eigenvalue weighted by molar-refractivity contribution is 9.28. The van der Waals surface area contributed by atoms with Crippen LogP contribution in [0.2, 0.25) is 0 Å². The fraction of sp³-hybridized carbons (Fsp3) is 0.111. The van der Waals surface area contributed by atoms with Crippen LogP contribution in [-0.4, -0.2) is 5.11 Å². The second kappa shape index (κ2) is 6.26. The van der Waals surface area contributed by atoms with E-state index in [1.165, 1.54) is 6.08 Å². The lowest BCUT2D eigenvalue weighted by molar-refractivity contribution is 0.429. The van der Waals surface area contributed by atoms with E-state index in [0.717, 1.165) is 3.39 Å². The van der Waals surface area contributed by atoms with Gasteiger partial charge in [0, 0.05) is 5.57 Å². The van der Waals surface area contributed by atoms with Crippen LogP contribution in [0.5, 0.6) is 0 Å². The molecular formula is C9H10Br2O. The second-order valence-electron chi connectivity index (χ2n) is 1.98. The van der Waals surface area contributed by atoms with Crippen LogP contribution in [0.25, 0.3) is 0 Å². The Bertz CT molecular complexity index is 245. The molecule has 0 aromatic rings. The van der Waals surface area contributed by atoms with Crippen molar-refractivity contribution in [2.75, 3.05) is 0 Å². The zero-order valence-electron chi connectivity index (χ0n) is 6.72. The molecule has 0 bridgehead atoms. The Kier molecular flexibility index (Phi) is 6.11. The van der Waals surface area contributed by atoms with E-state index in [2.05, 4.69) is 38.4 Å². The Labute approximate surface area is 89.4 Å². The number of hydrogen-bond donors (Lipinski definition) is 1. The lowest BCUT2D eigenvalue weighted by Crippen LogP contribution is -1.81. The fourth-order valence-corrected chi connectivity index (χ4v) is 1.12. The normalized spacial score (nSPS) is 12.6. The molecule has 0 aromatic heterocycles. The van der Waals surface area contributed by atoms with Crippen LogP contribution < -0.4 is 0 Å². The van der Waals surface area contributed by atoms with Gasteiger partial charge >= 0.3 is 0 Å². The van der Waals surface area contributed by atoms with Gasteiger partial charge in [0.05, 0.1) is 3.39 Å². The van der Waals surface area contributed by atoms with Crippen molar-refractivity contribution in [3.63, 3.8) is 0 Å². The van der Waals surface area contributed by atoms with Crippen LogP contribution in [0.15, 0.2) is 45.6 Å². The Morgan fingerprint density at radius 1 is 1.42 bits per heavy atom. The molecule has 0 spiro atoms. The van der Waals surface area contributed by atoms with Crippen LogP contribution in [0.4, 0.5) is 0 Å². The van der Waals surface area contributed by atoms with Crippen molar-refractivity contribution in [1.82, 2.24) is 0 Å². The smallest absolute Gasteiger partial charge is 0.122 e. The largest absolute Gasteiger partial charge is 0.507 e. The molecule has 0 radical (unpaired) electrons. The highest BCUT2D eigenvalue weighted by Gasteiger charge is 1.95. The molecular weight excluding hydrogens is 284 g/mol. The van der Waals surface area contributed by atoms with Crippen molar-refractivity contribution in [3.8, 4) is 0 Å². The van der Waals surface area contributed by atoms with E-state index in [0.29, 0.717) is 5.57 Å². The SMILES string of the molecule is C=C/C(O)=C(C=C(Br)Br)\C=C/C. The summed E-state index contributed by atoms with van der Waals surface area (Å²) in [6.07, 6.45) is 6.78. The second-order valence-corrected chi connectivity index (χ2v) is 4.75. The highest BCUT2D eigenvalue weighted by Crippen LogP contribution is 2.18. The van der Waals surface area contributed by atoms with Gasteiger partial charge in [0.1, 0.15) is 5.76 Å². The van der Waals surface area contributed by atoms with Gasteiger partial charge in [-0.2, -0.15) is 0 Å². The van der Waals surface area contributed by atoms with Gasteiger partial charge in [-0.3, -0.25) is 0 Å². The summed E-state index contributed by atoms with van der Waals surface area (Å²) in [4.78, 5) is 0. The van der Waals surface area contributed by atoms with E-state index in [1.807, 2.05) is 13.0 Å². The third-order valence-electron chi connectivity index (χ3n) is 1.10. The summed E-state index contributed by atoms with van der Waals surface area (Å²) in [5.41, 5.74) is 0.705. The molecule has 0 aliphatic rings. The van der Waals surface area contributed by atoms with Crippen LogP contribution in [0.1, 0.15) is 6.92 Å². The first-order valence-electron chi connectivity index (χ1n) is 3.33. The van der Waals surface area contributed by atoms with Gasteiger partial charge in [-0.1, -0.05) is 18.7 Å². The molecule has 0 heterocycles. The van der Waals surface area contributed by atoms with Gasteiger partial charge in [-0.05, 0) is 50.9 Å². The van der Waals surface area contributed by atoms with Crippen LogP contribution in [0, 0.1) is 0 Å². The summed E-state index contributed by atoms with van der Waals surface area (Å²) in [7, 11) is 0. The average Bonchev–Trinajstić information content (AvgIpc) is 2.01. The molecule has 12 heavy (non-hydrogen) atoms. The van der Waals surface area contributed by atoms with Gasteiger partial charge in [0.25, 0.3) is 0 Å². The van der Waals surface area contributed by atoms with E-state index in [4.69, 9.17) is 0 Å². The standard InChI is InChI=1S/C9H10Br2O/c1-3-5-7(6-9(10)11)8(12)4-2/h3-6,12H,2H2,1H3/b5-3-,8-7-. The van der Waals surface area contributed by atoms with E-state index in [9.17, 15) is 5.11 Å². The minimum Gasteiger partial charge on any atom is -0.507 e. The third-order valence-corrected chi connectivity index (χ3v) is 1.56. The molecule has 0 atom stereocenters. The third kappa shape index (κ3) is 4.57. The van der Waals surface area contributed by atoms with E-state index in [-0.39, 0.29) is 5.76 Å².